The third-order valence-corrected chi connectivity index (χ3v) is 2.98. The molecule has 3 heteroatoms. The number of rotatable bonds is 5. The van der Waals surface area contributed by atoms with Crippen LogP contribution in [0, 0.1) is 12.8 Å². The van der Waals surface area contributed by atoms with Gasteiger partial charge in [0, 0.05) is 18.7 Å². The lowest BCUT2D eigenvalue weighted by atomic mass is 10.0. The van der Waals surface area contributed by atoms with E-state index in [0.717, 1.165) is 18.7 Å². The Morgan fingerprint density at radius 2 is 2.06 bits per heavy atom. The smallest absolute Gasteiger partial charge is 0.103 e. The molecule has 1 rings (SSSR count). The molecule has 0 aliphatic rings. The van der Waals surface area contributed by atoms with Crippen molar-refractivity contribution in [1.82, 2.24) is 4.90 Å². The van der Waals surface area contributed by atoms with Gasteiger partial charge in [0.1, 0.15) is 4.99 Å². The largest absolute Gasteiger partial charge is 0.389 e. The van der Waals surface area contributed by atoms with Crippen LogP contribution in [0.25, 0.3) is 0 Å². The van der Waals surface area contributed by atoms with Gasteiger partial charge in [-0.25, -0.2) is 0 Å². The van der Waals surface area contributed by atoms with Crippen molar-refractivity contribution in [2.45, 2.75) is 27.3 Å². The van der Waals surface area contributed by atoms with Crippen LogP contribution in [0.3, 0.4) is 0 Å². The normalized spacial score (nSPS) is 11.2. The highest BCUT2D eigenvalue weighted by Crippen LogP contribution is 2.13. The van der Waals surface area contributed by atoms with E-state index in [-0.39, 0.29) is 0 Å². The highest BCUT2D eigenvalue weighted by Gasteiger charge is 2.06. The summed E-state index contributed by atoms with van der Waals surface area (Å²) in [6, 6.07) is 6.20. The number of hydrogen-bond donors (Lipinski definition) is 1. The van der Waals surface area contributed by atoms with Crippen molar-refractivity contribution in [3.63, 3.8) is 0 Å². The van der Waals surface area contributed by atoms with Gasteiger partial charge in [-0.1, -0.05) is 38.2 Å². The Morgan fingerprint density at radius 3 is 2.53 bits per heavy atom. The predicted octanol–water partition coefficient (Wildman–Crippen LogP) is 2.72. The molecule has 1 aromatic rings. The fraction of sp³-hybridized carbons (Fsp3) is 0.500. The number of hydrogen-bond acceptors (Lipinski definition) is 2. The van der Waals surface area contributed by atoms with E-state index in [1.165, 1.54) is 11.1 Å². The van der Waals surface area contributed by atoms with E-state index in [4.69, 9.17) is 18.0 Å². The topological polar surface area (TPSA) is 29.3 Å². The Bertz CT molecular complexity index is 399. The molecule has 0 fully saturated rings. The fourth-order valence-electron chi connectivity index (χ4n) is 2.01. The zero-order chi connectivity index (χ0) is 13.0. The molecule has 0 bridgehead atoms. The maximum Gasteiger partial charge on any atom is 0.103 e. The predicted molar refractivity (Wildman–Crippen MR) is 78.2 cm³/mol. The Labute approximate surface area is 110 Å². The molecular weight excluding hydrogens is 228 g/mol. The minimum Gasteiger partial charge on any atom is -0.389 e. The Morgan fingerprint density at radius 1 is 1.41 bits per heavy atom. The first kappa shape index (κ1) is 14.1. The molecule has 2 nitrogen and oxygen atoms in total. The molecule has 0 unspecified atom stereocenters. The van der Waals surface area contributed by atoms with Gasteiger partial charge in [-0.05, 0) is 37.1 Å². The van der Waals surface area contributed by atoms with E-state index in [0.29, 0.717) is 10.9 Å². The lowest BCUT2D eigenvalue weighted by Gasteiger charge is -2.20. The molecule has 17 heavy (non-hydrogen) atoms. The van der Waals surface area contributed by atoms with E-state index in [1.807, 2.05) is 6.07 Å². The molecule has 0 aliphatic carbocycles. The summed E-state index contributed by atoms with van der Waals surface area (Å²) >= 11 is 4.98. The minimum atomic E-state index is 0.468. The Balaban J connectivity index is 2.75. The second-order valence-corrected chi connectivity index (χ2v) is 5.54. The summed E-state index contributed by atoms with van der Waals surface area (Å²) in [7, 11) is 2.15. The lowest BCUT2D eigenvalue weighted by molar-refractivity contribution is 0.288. The van der Waals surface area contributed by atoms with E-state index < -0.39 is 0 Å². The molecule has 0 spiro atoms. The molecule has 0 heterocycles. The minimum absolute atomic E-state index is 0.468. The molecule has 0 saturated carbocycles. The standard InChI is InChI=1S/C14H22N2S/c1-10(2)8-16(4)9-13-6-5-12(14(15)17)7-11(13)3/h5-7,10H,8-9H2,1-4H3,(H2,15,17). The summed E-state index contributed by atoms with van der Waals surface area (Å²) in [4.78, 5) is 2.81. The van der Waals surface area contributed by atoms with Crippen LogP contribution in [-0.4, -0.2) is 23.5 Å². The van der Waals surface area contributed by atoms with Crippen molar-refractivity contribution in [3.8, 4) is 0 Å². The van der Waals surface area contributed by atoms with Crippen molar-refractivity contribution >= 4 is 17.2 Å². The zero-order valence-corrected chi connectivity index (χ0v) is 12.0. The number of nitrogens with two attached hydrogens (primary N) is 1. The molecule has 2 N–H and O–H groups in total. The number of nitrogens with zero attached hydrogens (tertiary/aromatic N) is 1. The first-order chi connectivity index (χ1) is 7.90. The molecule has 0 atom stereocenters. The average molecular weight is 250 g/mol. The Kier molecular flexibility index (Phi) is 5.09. The summed E-state index contributed by atoms with van der Waals surface area (Å²) in [6.45, 7) is 8.66. The highest BCUT2D eigenvalue weighted by molar-refractivity contribution is 7.80. The molecule has 94 valence electrons. The van der Waals surface area contributed by atoms with Crippen molar-refractivity contribution in [1.29, 1.82) is 0 Å². The van der Waals surface area contributed by atoms with Gasteiger partial charge in [0.2, 0.25) is 0 Å². The summed E-state index contributed by atoms with van der Waals surface area (Å²) in [6.07, 6.45) is 0. The van der Waals surface area contributed by atoms with Crippen molar-refractivity contribution < 1.29 is 0 Å². The van der Waals surface area contributed by atoms with Crippen LogP contribution in [0.2, 0.25) is 0 Å². The fourth-order valence-corrected chi connectivity index (χ4v) is 2.13. The van der Waals surface area contributed by atoms with Crippen molar-refractivity contribution in [3.05, 3.63) is 34.9 Å². The lowest BCUT2D eigenvalue weighted by Crippen LogP contribution is -2.23. The molecule has 1 aromatic carbocycles. The van der Waals surface area contributed by atoms with Crippen LogP contribution in [0.4, 0.5) is 0 Å². The van der Waals surface area contributed by atoms with Gasteiger partial charge in [-0.3, -0.25) is 0 Å². The first-order valence-corrected chi connectivity index (χ1v) is 6.39. The molecule has 0 amide bonds. The first-order valence-electron chi connectivity index (χ1n) is 5.98. The summed E-state index contributed by atoms with van der Waals surface area (Å²) in [5, 5.41) is 0. The van der Waals surface area contributed by atoms with Crippen LogP contribution in [0.5, 0.6) is 0 Å². The van der Waals surface area contributed by atoms with Crippen LogP contribution < -0.4 is 5.73 Å². The van der Waals surface area contributed by atoms with Gasteiger partial charge < -0.3 is 10.6 Å². The summed E-state index contributed by atoms with van der Waals surface area (Å²) < 4.78 is 0. The van der Waals surface area contributed by atoms with Crippen LogP contribution in [0.15, 0.2) is 18.2 Å². The van der Waals surface area contributed by atoms with Gasteiger partial charge >= 0.3 is 0 Å². The Hall–Kier alpha value is -0.930. The van der Waals surface area contributed by atoms with E-state index in [2.05, 4.69) is 44.9 Å². The third-order valence-electron chi connectivity index (χ3n) is 2.74. The van der Waals surface area contributed by atoms with Gasteiger partial charge in [-0.2, -0.15) is 0 Å². The second kappa shape index (κ2) is 6.12. The van der Waals surface area contributed by atoms with Crippen LogP contribution in [0.1, 0.15) is 30.5 Å². The summed E-state index contributed by atoms with van der Waals surface area (Å²) in [5.74, 6) is 0.691. The maximum absolute atomic E-state index is 5.62. The molecule has 0 radical (unpaired) electrons. The third kappa shape index (κ3) is 4.44. The highest BCUT2D eigenvalue weighted by atomic mass is 32.1. The van der Waals surface area contributed by atoms with Gasteiger partial charge in [0.05, 0.1) is 0 Å². The van der Waals surface area contributed by atoms with Gasteiger partial charge in [-0.15, -0.1) is 0 Å². The number of thiocarbonyl (C=S) groups is 1. The molecular formula is C14H22N2S. The molecule has 0 aliphatic heterocycles. The van der Waals surface area contributed by atoms with Crippen LogP contribution >= 0.6 is 12.2 Å². The average Bonchev–Trinajstić information content (AvgIpc) is 2.19. The quantitative estimate of drug-likeness (QED) is 0.815. The van der Waals surface area contributed by atoms with Crippen molar-refractivity contribution in [2.75, 3.05) is 13.6 Å². The zero-order valence-electron chi connectivity index (χ0n) is 11.2. The SMILES string of the molecule is Cc1cc(C(N)=S)ccc1CN(C)CC(C)C. The monoisotopic (exact) mass is 250 g/mol. The summed E-state index contributed by atoms with van der Waals surface area (Å²) in [5.41, 5.74) is 9.17. The van der Waals surface area contributed by atoms with E-state index in [9.17, 15) is 0 Å². The van der Waals surface area contributed by atoms with E-state index >= 15 is 0 Å². The van der Waals surface area contributed by atoms with Gasteiger partial charge in [0.15, 0.2) is 0 Å². The maximum atomic E-state index is 5.62. The van der Waals surface area contributed by atoms with Gasteiger partial charge in [0.25, 0.3) is 0 Å². The molecule has 0 aromatic heterocycles. The second-order valence-electron chi connectivity index (χ2n) is 5.10. The van der Waals surface area contributed by atoms with E-state index in [1.54, 1.807) is 0 Å². The molecule has 0 saturated heterocycles. The number of aryl methyl sites for hydroxylation is 1. The van der Waals surface area contributed by atoms with Crippen molar-refractivity contribution in [2.24, 2.45) is 11.7 Å². The van der Waals surface area contributed by atoms with Crippen LogP contribution in [-0.2, 0) is 6.54 Å². The number of benzene rings is 1.